The van der Waals surface area contributed by atoms with E-state index >= 15 is 14.4 Å². The average Bonchev–Trinajstić information content (AvgIpc) is 1.74. The molecule has 1 spiro atoms. The third-order valence-corrected chi connectivity index (χ3v) is 19.8. The molecule has 3 aliphatic rings. The molecule has 1 aliphatic carbocycles. The molecule has 2 aliphatic heterocycles. The van der Waals surface area contributed by atoms with Gasteiger partial charge in [-0.15, -0.1) is 0 Å². The van der Waals surface area contributed by atoms with Crippen molar-refractivity contribution in [2.24, 2.45) is 17.8 Å². The van der Waals surface area contributed by atoms with Crippen molar-refractivity contribution in [3.63, 3.8) is 0 Å². The van der Waals surface area contributed by atoms with E-state index in [0.29, 0.717) is 37.7 Å². The largest absolute Gasteiger partial charge is 0.417 e. The quantitative estimate of drug-likeness (QED) is 0.264. The molecular weight excluding hydrogens is 1280 g/mol. The van der Waals surface area contributed by atoms with Crippen LogP contribution in [0.2, 0.25) is 5.02 Å². The Kier molecular flexibility index (Phi) is 28.5. The minimum atomic E-state index is -4.77. The summed E-state index contributed by atoms with van der Waals surface area (Å²) in [4.78, 5) is 187. The molecule has 2 heterocycles. The molecule has 5 rings (SSSR count). The summed E-state index contributed by atoms with van der Waals surface area (Å²) in [7, 11) is 12.5. The van der Waals surface area contributed by atoms with E-state index in [1.165, 1.54) is 89.1 Å². The molecule has 2 aromatic rings. The van der Waals surface area contributed by atoms with E-state index in [-0.39, 0.29) is 63.0 Å². The van der Waals surface area contributed by atoms with Crippen molar-refractivity contribution in [2.75, 3.05) is 89.6 Å². The zero-order valence-corrected chi connectivity index (χ0v) is 60.0. The van der Waals surface area contributed by atoms with Crippen molar-refractivity contribution in [3.05, 3.63) is 69.7 Å². The van der Waals surface area contributed by atoms with Crippen LogP contribution < -0.4 is 16.0 Å². The molecule has 0 radical (unpaired) electrons. The number of likely N-dealkylation sites (N-methyl/N-ethyl adjacent to an activating group) is 8. The van der Waals surface area contributed by atoms with E-state index in [1.807, 2.05) is 46.8 Å². The minimum absolute atomic E-state index is 0.0115. The van der Waals surface area contributed by atoms with Crippen molar-refractivity contribution < 1.29 is 70.7 Å². The van der Waals surface area contributed by atoms with Crippen LogP contribution in [0.5, 0.6) is 0 Å². The third-order valence-electron chi connectivity index (χ3n) is 19.5. The molecule has 12 amide bonds. The van der Waals surface area contributed by atoms with E-state index in [1.54, 1.807) is 26.0 Å². The summed E-state index contributed by atoms with van der Waals surface area (Å²) in [6.07, 6.45) is -3.25. The number of carbonyl (C=O) groups excluding carboxylic acids is 12. The van der Waals surface area contributed by atoms with Crippen LogP contribution in [0.4, 0.5) is 13.2 Å². The fourth-order valence-electron chi connectivity index (χ4n) is 12.9. The normalized spacial score (nSPS) is 24.4. The molecule has 3 fully saturated rings. The summed E-state index contributed by atoms with van der Waals surface area (Å²) < 4.78 is 41.5. The Labute approximate surface area is 573 Å². The van der Waals surface area contributed by atoms with Crippen LogP contribution in [0.3, 0.4) is 0 Å². The summed E-state index contributed by atoms with van der Waals surface area (Å²) in [5.41, 5.74) is -0.866. The number of carbonyl (C=O) groups is 12. The zero-order chi connectivity index (χ0) is 72.9. The van der Waals surface area contributed by atoms with E-state index < -0.39 is 173 Å². The van der Waals surface area contributed by atoms with Crippen LogP contribution in [0, 0.1) is 24.7 Å². The number of fused-ring (bicyclic) bond motifs is 1. The van der Waals surface area contributed by atoms with Gasteiger partial charge in [0, 0.05) is 76.4 Å². The van der Waals surface area contributed by atoms with Gasteiger partial charge in [0.2, 0.25) is 70.9 Å². The van der Waals surface area contributed by atoms with Crippen LogP contribution in [0.25, 0.3) is 0 Å². The van der Waals surface area contributed by atoms with Gasteiger partial charge in [-0.05, 0) is 92.9 Å². The van der Waals surface area contributed by atoms with E-state index in [4.69, 9.17) is 11.6 Å². The number of hydrogen-bond acceptors (Lipinski definition) is 12. The molecule has 0 aromatic heterocycles. The summed E-state index contributed by atoms with van der Waals surface area (Å²) in [5, 5.41) is 7.98. The van der Waals surface area contributed by atoms with Crippen molar-refractivity contribution in [2.45, 2.75) is 186 Å². The Balaban J connectivity index is 1.63. The average molecular weight is 1380 g/mol. The van der Waals surface area contributed by atoms with Gasteiger partial charge in [0.1, 0.15) is 47.8 Å². The lowest BCUT2D eigenvalue weighted by Crippen LogP contribution is -2.65. The van der Waals surface area contributed by atoms with Crippen LogP contribution >= 0.6 is 11.6 Å². The van der Waals surface area contributed by atoms with E-state index in [2.05, 4.69) is 16.0 Å². The number of aryl methyl sites for hydroxylation is 2. The predicted molar refractivity (Wildman–Crippen MR) is 358 cm³/mol. The smallest absolute Gasteiger partial charge is 0.347 e. The molecule has 0 bridgehead atoms. The topological polar surface area (TPSA) is 270 Å². The molecule has 1 unspecified atom stereocenters. The highest BCUT2D eigenvalue weighted by Crippen LogP contribution is 2.37. The second-order valence-corrected chi connectivity index (χ2v) is 27.9. The van der Waals surface area contributed by atoms with Gasteiger partial charge < -0.3 is 60.0 Å². The first-order valence-corrected chi connectivity index (χ1v) is 33.8. The molecule has 9 atom stereocenters. The zero-order valence-electron chi connectivity index (χ0n) is 59.3. The van der Waals surface area contributed by atoms with E-state index in [9.17, 15) is 56.3 Å². The van der Waals surface area contributed by atoms with Crippen LogP contribution in [-0.4, -0.2) is 252 Å². The number of nitrogens with zero attached hydrogens (tertiary/aromatic N) is 9. The molecule has 2 aromatic carbocycles. The van der Waals surface area contributed by atoms with Gasteiger partial charge in [-0.3, -0.25) is 57.5 Å². The first kappa shape index (κ1) is 79.8. The summed E-state index contributed by atoms with van der Waals surface area (Å²) in [5.74, 6) is -9.73. The number of hydrogen-bond donors (Lipinski definition) is 3. The number of nitrogens with one attached hydrogen (secondary N) is 3. The van der Waals surface area contributed by atoms with Crippen molar-refractivity contribution in [1.29, 1.82) is 0 Å². The van der Waals surface area contributed by atoms with Crippen molar-refractivity contribution in [1.82, 2.24) is 60.0 Å². The lowest BCUT2D eigenvalue weighted by molar-refractivity contribution is -0.156. The summed E-state index contributed by atoms with van der Waals surface area (Å²) in [6.45, 7) is 10.8. The van der Waals surface area contributed by atoms with Crippen LogP contribution in [-0.2, 0) is 76.6 Å². The summed E-state index contributed by atoms with van der Waals surface area (Å²) >= 11 is 6.13. The standard InChI is InChI=1S/C69H102ClF3N12O12/c1-17-43(6)58-65(95)80(12)39-56(88)78(10)40-57(89)82(14)52(36-46-25-23-42(5)24-26-46)64(94)79(11)38-54(86)74-49(30-28-45-27-29-47(48(70)35-45)69(71,72)73)62(92)85-33-21-22-50(85)61(91)76-68(31-19-20-32-68)67(97)84(16)59(44(7)18-2)66(96)83(15)53(63(93)77(8)9)37-55(87)81(13)51(34-41(3)4)60(90)75-58/h23-27,29,35,41,43-44,49-53,58-59H,17-22,28,30-34,36-40H2,1-16H3,(H,74,86)(H,75,90)(H,76,91)/t43-,44-,49-,50?,51-,52-,53-,58-,59-/m0/s1. The first-order valence-electron chi connectivity index (χ1n) is 33.4. The molecule has 28 heteroatoms. The molecule has 97 heavy (non-hydrogen) atoms. The lowest BCUT2D eigenvalue weighted by Gasteiger charge is -2.41. The molecule has 2 saturated heterocycles. The SMILES string of the molecule is CC[C@H](C)[C@@H]1NC(=O)[C@H](CC(C)C)N(C)C(=O)C[C@@H](C(=O)N(C)C)N(C)C(=O)[C@H]([C@@H](C)CC)N(C)C(=O)C2(CCCC2)NC(=O)C2CCCN2C(=O)[C@H](CCc2ccc(C(F)(F)F)c(Cl)c2)NC(=O)CN(C)C(=O)[C@H](Cc2ccc(C)cc2)N(C)C(=O)CN(C)C(=O)CN(C)C1=O. The fraction of sp³-hybridized carbons (Fsp3) is 0.652. The Bertz CT molecular complexity index is 3200. The Morgan fingerprint density at radius 2 is 1.24 bits per heavy atom. The maximum absolute atomic E-state index is 15.4. The number of amides is 12. The highest BCUT2D eigenvalue weighted by Gasteiger charge is 2.51. The second kappa shape index (κ2) is 34.6. The molecule has 538 valence electrons. The van der Waals surface area contributed by atoms with Gasteiger partial charge in [0.05, 0.1) is 36.6 Å². The van der Waals surface area contributed by atoms with Gasteiger partial charge in [-0.1, -0.05) is 115 Å². The highest BCUT2D eigenvalue weighted by atomic mass is 35.5. The Morgan fingerprint density at radius 1 is 0.660 bits per heavy atom. The molecule has 1 saturated carbocycles. The number of alkyl halides is 3. The maximum atomic E-state index is 15.4. The monoisotopic (exact) mass is 1380 g/mol. The lowest BCUT2D eigenvalue weighted by atomic mass is 9.90. The highest BCUT2D eigenvalue weighted by molar-refractivity contribution is 6.31. The van der Waals surface area contributed by atoms with Crippen LogP contribution in [0.15, 0.2) is 42.5 Å². The van der Waals surface area contributed by atoms with Gasteiger partial charge in [-0.2, -0.15) is 13.2 Å². The van der Waals surface area contributed by atoms with Gasteiger partial charge in [0.25, 0.3) is 0 Å². The molecular formula is C69H102ClF3N12O12. The number of halogens is 4. The number of benzene rings is 2. The fourth-order valence-corrected chi connectivity index (χ4v) is 13.2. The first-order chi connectivity index (χ1) is 45.3. The minimum Gasteiger partial charge on any atom is -0.347 e. The maximum Gasteiger partial charge on any atom is 0.417 e. The van der Waals surface area contributed by atoms with Crippen molar-refractivity contribution in [3.8, 4) is 0 Å². The Morgan fingerprint density at radius 3 is 1.80 bits per heavy atom. The predicted octanol–water partition coefficient (Wildman–Crippen LogP) is 4.55. The summed E-state index contributed by atoms with van der Waals surface area (Å²) in [6, 6.07) is 1.15. The van der Waals surface area contributed by atoms with Gasteiger partial charge >= 0.3 is 6.18 Å². The Hall–Kier alpha value is -7.84. The van der Waals surface area contributed by atoms with Crippen molar-refractivity contribution >= 4 is 82.5 Å². The van der Waals surface area contributed by atoms with E-state index in [0.717, 1.165) is 42.2 Å². The third kappa shape index (κ3) is 20.2. The van der Waals surface area contributed by atoms with Gasteiger partial charge in [-0.25, -0.2) is 0 Å². The van der Waals surface area contributed by atoms with Crippen LogP contribution in [0.1, 0.15) is 134 Å². The molecule has 24 nitrogen and oxygen atoms in total. The van der Waals surface area contributed by atoms with Gasteiger partial charge in [0.15, 0.2) is 0 Å². The molecule has 3 N–H and O–H groups in total. The second-order valence-electron chi connectivity index (χ2n) is 27.5. The number of rotatable bonds is 12.